The van der Waals surface area contributed by atoms with E-state index in [0.29, 0.717) is 29.4 Å². The maximum absolute atomic E-state index is 12.9. The van der Waals surface area contributed by atoms with Crippen molar-refractivity contribution in [2.24, 2.45) is 0 Å². The van der Waals surface area contributed by atoms with Crippen molar-refractivity contribution in [2.75, 3.05) is 13.7 Å². The lowest BCUT2D eigenvalue weighted by Crippen LogP contribution is -2.08. The smallest absolute Gasteiger partial charge is 0.306 e. The Morgan fingerprint density at radius 3 is 2.55 bits per heavy atom. The summed E-state index contributed by atoms with van der Waals surface area (Å²) in [5.41, 5.74) is 1.85. The zero-order chi connectivity index (χ0) is 22.2. The van der Waals surface area contributed by atoms with Gasteiger partial charge in [0.05, 0.1) is 25.8 Å². The number of aromatic nitrogens is 1. The quantitative estimate of drug-likeness (QED) is 0.322. The summed E-state index contributed by atoms with van der Waals surface area (Å²) >= 11 is 1.43. The fraction of sp³-hybridized carbons (Fsp3) is 0.261. The number of esters is 1. The van der Waals surface area contributed by atoms with Crippen molar-refractivity contribution in [1.29, 1.82) is 0 Å². The second-order valence-corrected chi connectivity index (χ2v) is 7.39. The van der Waals surface area contributed by atoms with E-state index in [9.17, 15) is 14.0 Å². The van der Waals surface area contributed by atoms with Crippen molar-refractivity contribution in [3.63, 3.8) is 0 Å². The first kappa shape index (κ1) is 22.4. The van der Waals surface area contributed by atoms with Crippen LogP contribution in [-0.2, 0) is 16.1 Å². The Morgan fingerprint density at radius 2 is 1.84 bits per heavy atom. The van der Waals surface area contributed by atoms with Crippen molar-refractivity contribution in [2.45, 2.75) is 26.4 Å². The maximum Gasteiger partial charge on any atom is 0.306 e. The van der Waals surface area contributed by atoms with Gasteiger partial charge in [-0.3, -0.25) is 9.59 Å². The first-order valence-corrected chi connectivity index (χ1v) is 10.6. The summed E-state index contributed by atoms with van der Waals surface area (Å²) in [5, 5.41) is 2.58. The predicted molar refractivity (Wildman–Crippen MR) is 115 cm³/mol. The lowest BCUT2D eigenvalue weighted by Gasteiger charge is -2.09. The van der Waals surface area contributed by atoms with Crippen molar-refractivity contribution >= 4 is 23.1 Å². The molecule has 0 unspecified atom stereocenters. The van der Waals surface area contributed by atoms with Gasteiger partial charge in [-0.15, -0.1) is 11.3 Å². The number of rotatable bonds is 10. The number of hydrogen-bond acceptors (Lipinski definition) is 7. The van der Waals surface area contributed by atoms with E-state index < -0.39 is 11.8 Å². The fourth-order valence-electron chi connectivity index (χ4n) is 2.80. The van der Waals surface area contributed by atoms with Crippen LogP contribution >= 0.6 is 11.3 Å². The predicted octanol–water partition coefficient (Wildman–Crippen LogP) is 5.06. The van der Waals surface area contributed by atoms with Crippen LogP contribution in [0.3, 0.4) is 0 Å². The number of carbonyl (C=O) groups is 2. The molecular formula is C23H22FNO5S. The Balaban J connectivity index is 1.52. The van der Waals surface area contributed by atoms with E-state index in [4.69, 9.17) is 14.2 Å². The highest BCUT2D eigenvalue weighted by molar-refractivity contribution is 7.13. The van der Waals surface area contributed by atoms with Gasteiger partial charge in [-0.1, -0.05) is 0 Å². The summed E-state index contributed by atoms with van der Waals surface area (Å²) < 4.78 is 29.0. The van der Waals surface area contributed by atoms with Gasteiger partial charge in [0.25, 0.3) is 0 Å². The van der Waals surface area contributed by atoms with E-state index in [1.807, 2.05) is 30.5 Å². The highest BCUT2D eigenvalue weighted by atomic mass is 32.1. The second-order valence-electron chi connectivity index (χ2n) is 6.53. The molecule has 3 aromatic rings. The van der Waals surface area contributed by atoms with Crippen LogP contribution in [0.4, 0.5) is 4.39 Å². The number of Topliss-reactive ketones (excluding diaryl/α,β-unsaturated/α-hetero) is 1. The minimum atomic E-state index is -0.493. The molecule has 162 valence electrons. The number of thiazole rings is 1. The minimum absolute atomic E-state index is 0.00123. The molecule has 31 heavy (non-hydrogen) atoms. The van der Waals surface area contributed by atoms with Crippen molar-refractivity contribution in [3.05, 3.63) is 64.9 Å². The summed E-state index contributed by atoms with van der Waals surface area (Å²) in [6, 6.07) is 10.8. The van der Waals surface area contributed by atoms with Gasteiger partial charge in [0.1, 0.15) is 17.4 Å². The molecule has 0 aliphatic carbocycles. The molecule has 0 bridgehead atoms. The van der Waals surface area contributed by atoms with Crippen molar-refractivity contribution in [1.82, 2.24) is 4.98 Å². The Kier molecular flexibility index (Phi) is 7.72. The molecule has 0 atom stereocenters. The van der Waals surface area contributed by atoms with E-state index in [-0.39, 0.29) is 25.2 Å². The van der Waals surface area contributed by atoms with E-state index in [0.717, 1.165) is 10.6 Å². The summed E-state index contributed by atoms with van der Waals surface area (Å²) in [4.78, 5) is 28.5. The first-order valence-electron chi connectivity index (χ1n) is 9.70. The van der Waals surface area contributed by atoms with Crippen LogP contribution in [0.25, 0.3) is 10.6 Å². The van der Waals surface area contributed by atoms with Gasteiger partial charge in [-0.2, -0.15) is 0 Å². The third-order valence-electron chi connectivity index (χ3n) is 4.37. The Bertz CT molecular complexity index is 1050. The van der Waals surface area contributed by atoms with Gasteiger partial charge < -0.3 is 14.2 Å². The van der Waals surface area contributed by atoms with E-state index in [1.54, 1.807) is 7.11 Å². The zero-order valence-corrected chi connectivity index (χ0v) is 18.0. The average Bonchev–Trinajstić information content (AvgIpc) is 3.26. The number of carbonyl (C=O) groups excluding carboxylic acids is 2. The number of benzene rings is 2. The number of hydrogen-bond donors (Lipinski definition) is 0. The molecule has 1 heterocycles. The average molecular weight is 443 g/mol. The molecule has 0 fully saturated rings. The molecule has 0 N–H and O–H groups in total. The van der Waals surface area contributed by atoms with E-state index in [2.05, 4.69) is 4.98 Å². The lowest BCUT2D eigenvalue weighted by atomic mass is 10.1. The molecule has 2 aromatic carbocycles. The van der Waals surface area contributed by atoms with Crippen LogP contribution in [-0.4, -0.2) is 30.5 Å². The van der Waals surface area contributed by atoms with Crippen LogP contribution in [0.15, 0.2) is 47.8 Å². The highest BCUT2D eigenvalue weighted by Gasteiger charge is 2.13. The number of ether oxygens (including phenoxy) is 3. The molecule has 0 amide bonds. The second kappa shape index (κ2) is 10.7. The Hall–Kier alpha value is -3.26. The number of nitrogens with zero attached hydrogens (tertiary/aromatic N) is 1. The lowest BCUT2D eigenvalue weighted by molar-refractivity contribution is -0.145. The van der Waals surface area contributed by atoms with Gasteiger partial charge in [0.15, 0.2) is 17.3 Å². The molecule has 0 aliphatic heterocycles. The van der Waals surface area contributed by atoms with Crippen LogP contribution < -0.4 is 9.47 Å². The van der Waals surface area contributed by atoms with Gasteiger partial charge in [0.2, 0.25) is 0 Å². The zero-order valence-electron chi connectivity index (χ0n) is 17.2. The normalized spacial score (nSPS) is 10.5. The minimum Gasteiger partial charge on any atom is -0.493 e. The summed E-state index contributed by atoms with van der Waals surface area (Å²) in [7, 11) is 1.58. The maximum atomic E-state index is 12.9. The third-order valence-corrected chi connectivity index (χ3v) is 5.31. The molecule has 8 heteroatoms. The number of ketones is 1. The molecule has 0 radical (unpaired) electrons. The molecule has 0 spiro atoms. The van der Waals surface area contributed by atoms with Crippen LogP contribution in [0.1, 0.15) is 35.8 Å². The van der Waals surface area contributed by atoms with Crippen molar-refractivity contribution < 1.29 is 28.2 Å². The van der Waals surface area contributed by atoms with Crippen LogP contribution in [0, 0.1) is 5.82 Å². The SMILES string of the molecule is CCOc1ccc(-c2nc(COC(=O)CCC(=O)c3ccc(F)cc3)cs2)cc1OC. The fourth-order valence-corrected chi connectivity index (χ4v) is 3.60. The molecule has 0 saturated carbocycles. The Labute approximate surface area is 183 Å². The summed E-state index contributed by atoms with van der Waals surface area (Å²) in [6.07, 6.45) is -0.0535. The highest BCUT2D eigenvalue weighted by Crippen LogP contribution is 2.33. The summed E-state index contributed by atoms with van der Waals surface area (Å²) in [6.45, 7) is 2.46. The topological polar surface area (TPSA) is 74.7 Å². The van der Waals surface area contributed by atoms with E-state index in [1.165, 1.54) is 35.6 Å². The third kappa shape index (κ3) is 6.11. The van der Waals surface area contributed by atoms with Crippen molar-refractivity contribution in [3.8, 4) is 22.1 Å². The molecule has 1 aromatic heterocycles. The molecular weight excluding hydrogens is 421 g/mol. The monoisotopic (exact) mass is 443 g/mol. The Morgan fingerprint density at radius 1 is 1.06 bits per heavy atom. The first-order chi connectivity index (χ1) is 15.0. The molecule has 6 nitrogen and oxygen atoms in total. The molecule has 0 saturated heterocycles. The van der Waals surface area contributed by atoms with Gasteiger partial charge in [-0.05, 0) is 49.4 Å². The van der Waals surface area contributed by atoms with Gasteiger partial charge in [-0.25, -0.2) is 9.37 Å². The molecule has 0 aliphatic rings. The van der Waals surface area contributed by atoms with Gasteiger partial charge in [0, 0.05) is 22.9 Å². The van der Waals surface area contributed by atoms with E-state index >= 15 is 0 Å². The van der Waals surface area contributed by atoms with Crippen LogP contribution in [0.5, 0.6) is 11.5 Å². The van der Waals surface area contributed by atoms with Gasteiger partial charge >= 0.3 is 5.97 Å². The standard InChI is InChI=1S/C23H22FNO5S/c1-3-29-20-10-6-16(12-21(20)28-2)23-25-18(14-31-23)13-30-22(27)11-9-19(26)15-4-7-17(24)8-5-15/h4-8,10,12,14H,3,9,11,13H2,1-2H3. The number of methoxy groups -OCH3 is 1. The number of halogens is 1. The largest absolute Gasteiger partial charge is 0.493 e. The van der Waals surface area contributed by atoms with Crippen LogP contribution in [0.2, 0.25) is 0 Å². The molecule has 3 rings (SSSR count). The summed E-state index contributed by atoms with van der Waals surface area (Å²) in [5.74, 6) is 0.135.